The fourth-order valence-electron chi connectivity index (χ4n) is 2.86. The summed E-state index contributed by atoms with van der Waals surface area (Å²) < 4.78 is 14.4. The number of nitrogens with one attached hydrogen (secondary N) is 2. The average molecular weight is 452 g/mol. The van der Waals surface area contributed by atoms with E-state index in [0.29, 0.717) is 28.2 Å². The zero-order chi connectivity index (χ0) is 20.4. The van der Waals surface area contributed by atoms with E-state index < -0.39 is 5.82 Å². The first-order chi connectivity index (χ1) is 14.0. The van der Waals surface area contributed by atoms with Gasteiger partial charge in [0.05, 0.1) is 11.4 Å². The van der Waals surface area contributed by atoms with Crippen LogP contribution in [-0.4, -0.2) is 21.2 Å². The minimum absolute atomic E-state index is 0.0459. The van der Waals surface area contributed by atoms with Gasteiger partial charge in [-0.25, -0.2) is 4.39 Å². The molecule has 0 fully saturated rings. The summed E-state index contributed by atoms with van der Waals surface area (Å²) in [5, 5.41) is 19.8. The number of phenols is 1. The molecule has 0 saturated carbocycles. The predicted octanol–water partition coefficient (Wildman–Crippen LogP) is 5.60. The first-order valence-electron chi connectivity index (χ1n) is 8.71. The number of H-pyrrole nitrogens is 1. The largest absolute Gasteiger partial charge is 0.507 e. The zero-order valence-electron chi connectivity index (χ0n) is 15.0. The summed E-state index contributed by atoms with van der Waals surface area (Å²) >= 11 is 3.34. The number of rotatable bonds is 4. The Balaban J connectivity index is 1.51. The number of halogens is 2. The van der Waals surface area contributed by atoms with Crippen molar-refractivity contribution in [2.75, 3.05) is 5.32 Å². The maximum absolute atomic E-state index is 13.5. The molecule has 144 valence electrons. The molecule has 5 nitrogen and oxygen atoms in total. The highest BCUT2D eigenvalue weighted by Crippen LogP contribution is 2.31. The Morgan fingerprint density at radius 3 is 2.45 bits per heavy atom. The van der Waals surface area contributed by atoms with Gasteiger partial charge in [-0.15, -0.1) is 0 Å². The van der Waals surface area contributed by atoms with Crippen molar-refractivity contribution < 1.29 is 14.3 Å². The molecule has 29 heavy (non-hydrogen) atoms. The van der Waals surface area contributed by atoms with Crippen LogP contribution in [0.4, 0.5) is 10.1 Å². The number of amides is 1. The summed E-state index contributed by atoms with van der Waals surface area (Å²) in [6.45, 7) is 0. The van der Waals surface area contributed by atoms with E-state index in [-0.39, 0.29) is 11.7 Å². The molecule has 0 aliphatic heterocycles. The summed E-state index contributed by atoms with van der Waals surface area (Å²) in [4.78, 5) is 12.3. The second kappa shape index (κ2) is 7.89. The fraction of sp³-hybridized carbons (Fsp3) is 0. The van der Waals surface area contributed by atoms with Gasteiger partial charge in [0.1, 0.15) is 11.6 Å². The number of aromatic nitrogens is 2. The summed E-state index contributed by atoms with van der Waals surface area (Å²) in [6, 6.07) is 19.8. The van der Waals surface area contributed by atoms with Gasteiger partial charge >= 0.3 is 0 Å². The monoisotopic (exact) mass is 451 g/mol. The maximum Gasteiger partial charge on any atom is 0.255 e. The molecule has 3 N–H and O–H groups in total. The molecular weight excluding hydrogens is 437 g/mol. The Labute approximate surface area is 174 Å². The van der Waals surface area contributed by atoms with E-state index in [1.54, 1.807) is 30.3 Å². The van der Waals surface area contributed by atoms with Gasteiger partial charge < -0.3 is 10.4 Å². The smallest absolute Gasteiger partial charge is 0.255 e. The van der Waals surface area contributed by atoms with Crippen LogP contribution in [0, 0.1) is 5.82 Å². The molecule has 0 atom stereocenters. The quantitative estimate of drug-likeness (QED) is 0.377. The molecule has 0 saturated heterocycles. The Morgan fingerprint density at radius 2 is 1.72 bits per heavy atom. The van der Waals surface area contributed by atoms with Crippen LogP contribution in [-0.2, 0) is 0 Å². The molecule has 4 aromatic rings. The average Bonchev–Trinajstić information content (AvgIpc) is 3.21. The topological polar surface area (TPSA) is 78.0 Å². The Bertz CT molecular complexity index is 1170. The number of aromatic hydroxyl groups is 1. The summed E-state index contributed by atoms with van der Waals surface area (Å²) in [5.74, 6) is -0.695. The van der Waals surface area contributed by atoms with Gasteiger partial charge in [-0.05, 0) is 66.2 Å². The number of carbonyl (C=O) groups excluding carboxylic acids is 1. The third-order valence-electron chi connectivity index (χ3n) is 4.37. The molecule has 0 spiro atoms. The standard InChI is InChI=1S/C22H15BrFN3O2/c23-15-5-1-14(2-6-15)22(29)25-17-8-3-13(4-9-17)19-12-20(27-26-19)18-11-16(24)7-10-21(18)28/h1-12,28H,(H,25,29)(H,26,27). The Kier molecular flexibility index (Phi) is 5.14. The van der Waals surface area contributed by atoms with E-state index in [1.165, 1.54) is 18.2 Å². The SMILES string of the molecule is O=C(Nc1ccc(-c2cc(-c3cc(F)ccc3O)n[nH]2)cc1)c1ccc(Br)cc1. The molecular formula is C22H15BrFN3O2. The van der Waals surface area contributed by atoms with Gasteiger partial charge in [-0.2, -0.15) is 5.10 Å². The molecule has 1 amide bonds. The van der Waals surface area contributed by atoms with Crippen molar-refractivity contribution in [3.63, 3.8) is 0 Å². The molecule has 0 aliphatic rings. The molecule has 0 bridgehead atoms. The third kappa shape index (κ3) is 4.20. The Hall–Kier alpha value is -3.45. The van der Waals surface area contributed by atoms with Crippen LogP contribution < -0.4 is 5.32 Å². The molecule has 3 aromatic carbocycles. The van der Waals surface area contributed by atoms with Crippen molar-refractivity contribution in [3.05, 3.63) is 88.6 Å². The van der Waals surface area contributed by atoms with Gasteiger partial charge in [0.25, 0.3) is 5.91 Å². The molecule has 1 aromatic heterocycles. The van der Waals surface area contributed by atoms with Crippen LogP contribution in [0.2, 0.25) is 0 Å². The fourth-order valence-corrected chi connectivity index (χ4v) is 3.12. The minimum Gasteiger partial charge on any atom is -0.507 e. The van der Waals surface area contributed by atoms with Crippen molar-refractivity contribution >= 4 is 27.5 Å². The number of hydrogen-bond acceptors (Lipinski definition) is 3. The van der Waals surface area contributed by atoms with E-state index in [1.807, 2.05) is 24.3 Å². The van der Waals surface area contributed by atoms with Crippen LogP contribution in [0.5, 0.6) is 5.75 Å². The van der Waals surface area contributed by atoms with Crippen molar-refractivity contribution in [1.82, 2.24) is 10.2 Å². The lowest BCUT2D eigenvalue weighted by Crippen LogP contribution is -2.11. The van der Waals surface area contributed by atoms with E-state index in [0.717, 1.165) is 10.0 Å². The Morgan fingerprint density at radius 1 is 1.00 bits per heavy atom. The molecule has 0 unspecified atom stereocenters. The number of aromatic amines is 1. The number of hydrogen-bond donors (Lipinski definition) is 3. The number of anilines is 1. The molecule has 7 heteroatoms. The highest BCUT2D eigenvalue weighted by Gasteiger charge is 2.11. The summed E-state index contributed by atoms with van der Waals surface area (Å²) in [5.41, 5.74) is 3.50. The molecule has 0 aliphatic carbocycles. The summed E-state index contributed by atoms with van der Waals surface area (Å²) in [7, 11) is 0. The van der Waals surface area contributed by atoms with Crippen LogP contribution in [0.25, 0.3) is 22.5 Å². The number of benzene rings is 3. The van der Waals surface area contributed by atoms with E-state index in [2.05, 4.69) is 31.4 Å². The predicted molar refractivity (Wildman–Crippen MR) is 113 cm³/mol. The lowest BCUT2D eigenvalue weighted by molar-refractivity contribution is 0.102. The van der Waals surface area contributed by atoms with Gasteiger partial charge in [0.15, 0.2) is 0 Å². The molecule has 4 rings (SSSR count). The van der Waals surface area contributed by atoms with Crippen LogP contribution in [0.1, 0.15) is 10.4 Å². The first-order valence-corrected chi connectivity index (χ1v) is 9.50. The third-order valence-corrected chi connectivity index (χ3v) is 4.90. The number of carbonyl (C=O) groups is 1. The van der Waals surface area contributed by atoms with Crippen molar-refractivity contribution in [3.8, 4) is 28.3 Å². The normalized spacial score (nSPS) is 10.7. The second-order valence-electron chi connectivity index (χ2n) is 6.37. The van der Waals surface area contributed by atoms with Crippen LogP contribution in [0.3, 0.4) is 0 Å². The van der Waals surface area contributed by atoms with Gasteiger partial charge in [0, 0.05) is 21.3 Å². The van der Waals surface area contributed by atoms with E-state index >= 15 is 0 Å². The zero-order valence-corrected chi connectivity index (χ0v) is 16.6. The van der Waals surface area contributed by atoms with Gasteiger partial charge in [-0.3, -0.25) is 9.89 Å². The van der Waals surface area contributed by atoms with Crippen LogP contribution >= 0.6 is 15.9 Å². The second-order valence-corrected chi connectivity index (χ2v) is 7.28. The minimum atomic E-state index is -0.451. The highest BCUT2D eigenvalue weighted by molar-refractivity contribution is 9.10. The van der Waals surface area contributed by atoms with Crippen LogP contribution in [0.15, 0.2) is 77.3 Å². The van der Waals surface area contributed by atoms with Gasteiger partial charge in [-0.1, -0.05) is 28.1 Å². The maximum atomic E-state index is 13.5. The lowest BCUT2D eigenvalue weighted by Gasteiger charge is -2.06. The van der Waals surface area contributed by atoms with Crippen molar-refractivity contribution in [2.24, 2.45) is 0 Å². The highest BCUT2D eigenvalue weighted by atomic mass is 79.9. The molecule has 0 radical (unpaired) electrons. The number of nitrogens with zero attached hydrogens (tertiary/aromatic N) is 1. The summed E-state index contributed by atoms with van der Waals surface area (Å²) in [6.07, 6.45) is 0. The van der Waals surface area contributed by atoms with Gasteiger partial charge in [0.2, 0.25) is 0 Å². The lowest BCUT2D eigenvalue weighted by atomic mass is 10.1. The number of phenolic OH excluding ortho intramolecular Hbond substituents is 1. The molecule has 1 heterocycles. The van der Waals surface area contributed by atoms with Crippen molar-refractivity contribution in [1.29, 1.82) is 0 Å². The van der Waals surface area contributed by atoms with E-state index in [4.69, 9.17) is 0 Å². The van der Waals surface area contributed by atoms with E-state index in [9.17, 15) is 14.3 Å². The first kappa shape index (κ1) is 18.9. The van der Waals surface area contributed by atoms with Crippen molar-refractivity contribution in [2.45, 2.75) is 0 Å².